The molecule has 1 aromatic heterocycles. The van der Waals surface area contributed by atoms with Crippen LogP contribution in [-0.4, -0.2) is 35.5 Å². The molecule has 0 saturated carbocycles. The molecule has 0 aliphatic carbocycles. The van der Waals surface area contributed by atoms with E-state index in [0.717, 1.165) is 4.57 Å². The fraction of sp³-hybridized carbons (Fsp3) is 0.600. The van der Waals surface area contributed by atoms with Crippen molar-refractivity contribution >= 4 is 21.3 Å². The van der Waals surface area contributed by atoms with Crippen LogP contribution >= 0.6 is 0 Å². The van der Waals surface area contributed by atoms with E-state index in [1.165, 1.54) is 7.05 Å². The number of hydrogen-bond donors (Lipinski definition) is 3. The lowest BCUT2D eigenvalue weighted by atomic mass is 10.2. The Morgan fingerprint density at radius 3 is 2.74 bits per heavy atom. The molecular weight excluding hydrogens is 272 g/mol. The summed E-state index contributed by atoms with van der Waals surface area (Å²) in [6.07, 6.45) is 1.19. The van der Waals surface area contributed by atoms with E-state index in [0.29, 0.717) is 12.8 Å². The second kappa shape index (κ2) is 4.72. The second-order valence-electron chi connectivity index (χ2n) is 4.68. The largest absolute Gasteiger partial charge is 0.383 e. The van der Waals surface area contributed by atoms with Gasteiger partial charge < -0.3 is 11.1 Å². The number of rotatable bonds is 2. The van der Waals surface area contributed by atoms with Crippen molar-refractivity contribution in [2.24, 2.45) is 7.05 Å². The minimum absolute atomic E-state index is 0.00304. The zero-order valence-corrected chi connectivity index (χ0v) is 11.3. The second-order valence-corrected chi connectivity index (χ2v) is 6.91. The summed E-state index contributed by atoms with van der Waals surface area (Å²) in [6.45, 7) is 0. The number of nitrogen functional groups attached to an aromatic ring is 1. The van der Waals surface area contributed by atoms with E-state index in [4.69, 9.17) is 5.73 Å². The summed E-state index contributed by atoms with van der Waals surface area (Å²) < 4.78 is 24.2. The molecule has 9 heteroatoms. The minimum Gasteiger partial charge on any atom is -0.383 e. The molecule has 1 saturated heterocycles. The first-order valence-corrected chi connectivity index (χ1v) is 7.68. The van der Waals surface area contributed by atoms with Crippen molar-refractivity contribution in [2.75, 3.05) is 22.6 Å². The molecule has 1 fully saturated rings. The molecule has 0 aromatic carbocycles. The summed E-state index contributed by atoms with van der Waals surface area (Å²) >= 11 is 0. The first-order valence-electron chi connectivity index (χ1n) is 5.86. The zero-order valence-electron chi connectivity index (χ0n) is 10.5. The highest BCUT2D eigenvalue weighted by molar-refractivity contribution is 7.91. The van der Waals surface area contributed by atoms with Gasteiger partial charge in [0.15, 0.2) is 9.84 Å². The Balaban J connectivity index is 2.32. The van der Waals surface area contributed by atoms with Crippen LogP contribution in [0.3, 0.4) is 0 Å². The van der Waals surface area contributed by atoms with Gasteiger partial charge in [-0.05, 0) is 12.8 Å². The molecule has 8 nitrogen and oxygen atoms in total. The molecule has 1 aromatic rings. The molecule has 19 heavy (non-hydrogen) atoms. The zero-order chi connectivity index (χ0) is 14.2. The summed E-state index contributed by atoms with van der Waals surface area (Å²) in [5.41, 5.74) is 4.50. The third-order valence-electron chi connectivity index (χ3n) is 3.18. The molecule has 1 atom stereocenters. The summed E-state index contributed by atoms with van der Waals surface area (Å²) in [5, 5.41) is 2.83. The van der Waals surface area contributed by atoms with Gasteiger partial charge in [0.25, 0.3) is 5.56 Å². The number of aromatic nitrogens is 2. The summed E-state index contributed by atoms with van der Waals surface area (Å²) in [7, 11) is -1.65. The van der Waals surface area contributed by atoms with Crippen LogP contribution < -0.4 is 22.3 Å². The summed E-state index contributed by atoms with van der Waals surface area (Å²) in [6, 6.07) is -0.361. The number of nitrogens with one attached hydrogen (secondary N) is 2. The quantitative estimate of drug-likeness (QED) is 0.617. The van der Waals surface area contributed by atoms with Crippen LogP contribution in [0.4, 0.5) is 11.5 Å². The Morgan fingerprint density at radius 1 is 1.42 bits per heavy atom. The molecule has 4 N–H and O–H groups in total. The first-order chi connectivity index (χ1) is 8.80. The molecule has 0 bridgehead atoms. The van der Waals surface area contributed by atoms with Crippen LogP contribution in [0, 0.1) is 0 Å². The monoisotopic (exact) mass is 288 g/mol. The lowest BCUT2D eigenvalue weighted by Gasteiger charge is -2.24. The molecule has 2 heterocycles. The maximum Gasteiger partial charge on any atom is 0.329 e. The maximum absolute atomic E-state index is 11.7. The highest BCUT2D eigenvalue weighted by Gasteiger charge is 2.26. The van der Waals surface area contributed by atoms with Crippen LogP contribution in [0.1, 0.15) is 12.8 Å². The van der Waals surface area contributed by atoms with Crippen LogP contribution in [0.2, 0.25) is 0 Å². The number of nitrogens with zero attached hydrogens (tertiary/aromatic N) is 1. The van der Waals surface area contributed by atoms with Gasteiger partial charge >= 0.3 is 5.69 Å². The van der Waals surface area contributed by atoms with Gasteiger partial charge in [-0.25, -0.2) is 13.2 Å². The normalized spacial score (nSPS) is 22.1. The molecule has 106 valence electrons. The van der Waals surface area contributed by atoms with Gasteiger partial charge in [-0.1, -0.05) is 0 Å². The molecule has 2 rings (SSSR count). The van der Waals surface area contributed by atoms with E-state index in [1.807, 2.05) is 0 Å². The van der Waals surface area contributed by atoms with Gasteiger partial charge in [-0.3, -0.25) is 14.3 Å². The number of sulfone groups is 1. The lowest BCUT2D eigenvalue weighted by molar-refractivity contribution is 0.561. The fourth-order valence-corrected chi connectivity index (χ4v) is 3.75. The molecule has 1 aliphatic rings. The molecule has 0 spiro atoms. The molecule has 0 radical (unpaired) electrons. The van der Waals surface area contributed by atoms with Gasteiger partial charge in [0.05, 0.1) is 11.5 Å². The van der Waals surface area contributed by atoms with Crippen molar-refractivity contribution in [2.45, 2.75) is 18.9 Å². The number of hydrogen-bond acceptors (Lipinski definition) is 6. The minimum atomic E-state index is -3.08. The Kier molecular flexibility index (Phi) is 3.40. The van der Waals surface area contributed by atoms with Crippen molar-refractivity contribution < 1.29 is 8.42 Å². The first kappa shape index (κ1) is 13.7. The average Bonchev–Trinajstić information content (AvgIpc) is 2.31. The smallest absolute Gasteiger partial charge is 0.329 e. The lowest BCUT2D eigenvalue weighted by Crippen LogP contribution is -2.39. The van der Waals surface area contributed by atoms with Gasteiger partial charge in [0.2, 0.25) is 0 Å². The van der Waals surface area contributed by atoms with Crippen molar-refractivity contribution in [1.82, 2.24) is 9.55 Å². The predicted molar refractivity (Wildman–Crippen MR) is 72.0 cm³/mol. The van der Waals surface area contributed by atoms with Crippen molar-refractivity contribution in [3.05, 3.63) is 20.8 Å². The Hall–Kier alpha value is -1.77. The predicted octanol–water partition coefficient (Wildman–Crippen LogP) is -1.36. The summed E-state index contributed by atoms with van der Waals surface area (Å²) in [5.74, 6) is 0.135. The summed E-state index contributed by atoms with van der Waals surface area (Å²) in [4.78, 5) is 25.1. The van der Waals surface area contributed by atoms with Crippen LogP contribution in [0.5, 0.6) is 0 Å². The van der Waals surface area contributed by atoms with E-state index in [2.05, 4.69) is 10.3 Å². The van der Waals surface area contributed by atoms with Gasteiger partial charge in [-0.2, -0.15) is 0 Å². The SMILES string of the molecule is Cn1c(N)c(NC2CCCS(=O)(=O)C2)c(=O)[nH]c1=O. The van der Waals surface area contributed by atoms with Crippen LogP contribution in [0.25, 0.3) is 0 Å². The third-order valence-corrected chi connectivity index (χ3v) is 5.00. The van der Waals surface area contributed by atoms with Crippen molar-refractivity contribution in [3.63, 3.8) is 0 Å². The average molecular weight is 288 g/mol. The maximum atomic E-state index is 11.7. The third kappa shape index (κ3) is 2.80. The highest BCUT2D eigenvalue weighted by atomic mass is 32.2. The van der Waals surface area contributed by atoms with E-state index < -0.39 is 21.1 Å². The molecule has 1 unspecified atom stereocenters. The fourth-order valence-electron chi connectivity index (χ4n) is 2.12. The standard InChI is InChI=1S/C10H16N4O4S/c1-14-8(11)7(9(15)13-10(14)16)12-6-3-2-4-19(17,18)5-6/h6,12H,2-5,11H2,1H3,(H,13,15,16). The molecule has 1 aliphatic heterocycles. The van der Waals surface area contributed by atoms with Crippen molar-refractivity contribution in [3.8, 4) is 0 Å². The molecule has 0 amide bonds. The van der Waals surface area contributed by atoms with Crippen molar-refractivity contribution in [1.29, 1.82) is 0 Å². The Bertz CT molecular complexity index is 703. The van der Waals surface area contributed by atoms with Crippen LogP contribution in [-0.2, 0) is 16.9 Å². The molecular formula is C10H16N4O4S. The number of anilines is 2. The number of nitrogens with two attached hydrogens (primary N) is 1. The van der Waals surface area contributed by atoms with E-state index in [-0.39, 0.29) is 29.1 Å². The van der Waals surface area contributed by atoms with Gasteiger partial charge in [0, 0.05) is 13.1 Å². The van der Waals surface area contributed by atoms with E-state index in [1.54, 1.807) is 0 Å². The Morgan fingerprint density at radius 2 is 2.11 bits per heavy atom. The van der Waals surface area contributed by atoms with Gasteiger partial charge in [-0.15, -0.1) is 0 Å². The van der Waals surface area contributed by atoms with E-state index >= 15 is 0 Å². The van der Waals surface area contributed by atoms with Crippen LogP contribution in [0.15, 0.2) is 9.59 Å². The number of H-pyrrole nitrogens is 1. The van der Waals surface area contributed by atoms with E-state index in [9.17, 15) is 18.0 Å². The number of aromatic amines is 1. The highest BCUT2D eigenvalue weighted by Crippen LogP contribution is 2.18. The Labute approximate surface area is 109 Å². The topological polar surface area (TPSA) is 127 Å². The van der Waals surface area contributed by atoms with Gasteiger partial charge in [0.1, 0.15) is 11.5 Å².